The molecule has 0 saturated heterocycles. The molecule has 0 aliphatic rings. The zero-order valence-corrected chi connectivity index (χ0v) is 12.0. The quantitative estimate of drug-likeness (QED) is 0.787. The molecule has 21 heavy (non-hydrogen) atoms. The molecular formula is C15H17N5O. The SMILES string of the molecule is COc1cc(C(N)Cc2nn(C)c3ccccc23)ncn1. The summed E-state index contributed by atoms with van der Waals surface area (Å²) >= 11 is 0. The Morgan fingerprint density at radius 2 is 2.10 bits per heavy atom. The number of hydrogen-bond donors (Lipinski definition) is 1. The van der Waals surface area contributed by atoms with Gasteiger partial charge in [0, 0.05) is 24.9 Å². The third-order valence-corrected chi connectivity index (χ3v) is 3.50. The second kappa shape index (κ2) is 5.49. The van der Waals surface area contributed by atoms with Crippen molar-refractivity contribution in [2.75, 3.05) is 7.11 Å². The Morgan fingerprint density at radius 3 is 2.90 bits per heavy atom. The van der Waals surface area contributed by atoms with Crippen LogP contribution in [0.1, 0.15) is 17.4 Å². The fourth-order valence-electron chi connectivity index (χ4n) is 2.42. The highest BCUT2D eigenvalue weighted by molar-refractivity contribution is 5.81. The van der Waals surface area contributed by atoms with Gasteiger partial charge in [-0.15, -0.1) is 0 Å². The third-order valence-electron chi connectivity index (χ3n) is 3.50. The molecule has 2 aromatic heterocycles. The van der Waals surface area contributed by atoms with E-state index in [0.717, 1.165) is 22.3 Å². The van der Waals surface area contributed by atoms with Gasteiger partial charge in [-0.25, -0.2) is 9.97 Å². The summed E-state index contributed by atoms with van der Waals surface area (Å²) in [6.45, 7) is 0. The summed E-state index contributed by atoms with van der Waals surface area (Å²) in [5.74, 6) is 0.515. The van der Waals surface area contributed by atoms with Crippen LogP contribution in [-0.2, 0) is 13.5 Å². The number of nitrogens with two attached hydrogens (primary N) is 1. The molecule has 2 heterocycles. The fraction of sp³-hybridized carbons (Fsp3) is 0.267. The number of ether oxygens (including phenoxy) is 1. The lowest BCUT2D eigenvalue weighted by atomic mass is 10.1. The summed E-state index contributed by atoms with van der Waals surface area (Å²) in [5.41, 5.74) is 9.07. The first-order valence-electron chi connectivity index (χ1n) is 6.71. The van der Waals surface area contributed by atoms with Gasteiger partial charge in [0.15, 0.2) is 0 Å². The summed E-state index contributed by atoms with van der Waals surface area (Å²) in [7, 11) is 3.51. The second-order valence-electron chi connectivity index (χ2n) is 4.88. The molecule has 0 aliphatic heterocycles. The average molecular weight is 283 g/mol. The molecular weight excluding hydrogens is 266 g/mol. The predicted molar refractivity (Wildman–Crippen MR) is 79.9 cm³/mol. The van der Waals surface area contributed by atoms with Crippen LogP contribution in [0.15, 0.2) is 36.7 Å². The standard InChI is InChI=1S/C15H17N5O/c1-20-14-6-4-3-5-10(14)12(19-20)7-11(16)13-8-15(21-2)18-9-17-13/h3-6,8-9,11H,7,16H2,1-2H3. The maximum atomic E-state index is 6.26. The van der Waals surface area contributed by atoms with E-state index in [4.69, 9.17) is 10.5 Å². The summed E-state index contributed by atoms with van der Waals surface area (Å²) in [5, 5.41) is 5.68. The van der Waals surface area contributed by atoms with Gasteiger partial charge in [-0.2, -0.15) is 5.10 Å². The minimum Gasteiger partial charge on any atom is -0.481 e. The number of rotatable bonds is 4. The van der Waals surface area contributed by atoms with Crippen LogP contribution < -0.4 is 10.5 Å². The Labute approximate surface area is 122 Å². The second-order valence-corrected chi connectivity index (χ2v) is 4.88. The number of nitrogens with zero attached hydrogens (tertiary/aromatic N) is 4. The first kappa shape index (κ1) is 13.5. The van der Waals surface area contributed by atoms with Crippen LogP contribution in [0.3, 0.4) is 0 Å². The Bertz CT molecular complexity index is 768. The lowest BCUT2D eigenvalue weighted by Crippen LogP contribution is -2.16. The van der Waals surface area contributed by atoms with Gasteiger partial charge < -0.3 is 10.5 Å². The van der Waals surface area contributed by atoms with E-state index < -0.39 is 0 Å². The monoisotopic (exact) mass is 283 g/mol. The molecule has 0 aliphatic carbocycles. The minimum atomic E-state index is -0.250. The van der Waals surface area contributed by atoms with Crippen molar-refractivity contribution in [2.24, 2.45) is 12.8 Å². The first-order chi connectivity index (χ1) is 10.2. The van der Waals surface area contributed by atoms with Crippen molar-refractivity contribution in [2.45, 2.75) is 12.5 Å². The summed E-state index contributed by atoms with van der Waals surface area (Å²) in [6.07, 6.45) is 2.08. The van der Waals surface area contributed by atoms with Crippen LogP contribution in [0.5, 0.6) is 5.88 Å². The number of aromatic nitrogens is 4. The molecule has 6 nitrogen and oxygen atoms in total. The number of fused-ring (bicyclic) bond motifs is 1. The number of methoxy groups -OCH3 is 1. The molecule has 2 N–H and O–H groups in total. The van der Waals surface area contributed by atoms with E-state index in [2.05, 4.69) is 21.1 Å². The Morgan fingerprint density at radius 1 is 1.29 bits per heavy atom. The third kappa shape index (κ3) is 2.57. The van der Waals surface area contributed by atoms with Crippen molar-refractivity contribution in [3.63, 3.8) is 0 Å². The number of benzene rings is 1. The van der Waals surface area contributed by atoms with E-state index in [9.17, 15) is 0 Å². The van der Waals surface area contributed by atoms with Gasteiger partial charge in [-0.3, -0.25) is 4.68 Å². The van der Waals surface area contributed by atoms with Gasteiger partial charge in [-0.05, 0) is 6.07 Å². The van der Waals surface area contributed by atoms with E-state index >= 15 is 0 Å². The topological polar surface area (TPSA) is 78.9 Å². The van der Waals surface area contributed by atoms with E-state index in [1.807, 2.05) is 29.9 Å². The van der Waals surface area contributed by atoms with Gasteiger partial charge in [-0.1, -0.05) is 18.2 Å². The molecule has 0 amide bonds. The van der Waals surface area contributed by atoms with Crippen LogP contribution in [0.2, 0.25) is 0 Å². The molecule has 1 atom stereocenters. The van der Waals surface area contributed by atoms with Gasteiger partial charge in [0.1, 0.15) is 6.33 Å². The molecule has 6 heteroatoms. The molecule has 0 fully saturated rings. The van der Waals surface area contributed by atoms with Crippen molar-refractivity contribution in [1.82, 2.24) is 19.7 Å². The molecule has 0 radical (unpaired) electrons. The highest BCUT2D eigenvalue weighted by Crippen LogP contribution is 2.22. The maximum Gasteiger partial charge on any atom is 0.216 e. The molecule has 1 unspecified atom stereocenters. The largest absolute Gasteiger partial charge is 0.481 e. The molecule has 0 spiro atoms. The van der Waals surface area contributed by atoms with Gasteiger partial charge in [0.25, 0.3) is 0 Å². The predicted octanol–water partition coefficient (Wildman–Crippen LogP) is 1.61. The molecule has 3 aromatic rings. The van der Waals surface area contributed by atoms with Crippen molar-refractivity contribution < 1.29 is 4.74 Å². The number of aryl methyl sites for hydroxylation is 1. The Kier molecular flexibility index (Phi) is 3.53. The van der Waals surface area contributed by atoms with E-state index in [1.54, 1.807) is 13.2 Å². The van der Waals surface area contributed by atoms with Crippen LogP contribution >= 0.6 is 0 Å². The van der Waals surface area contributed by atoms with Gasteiger partial charge >= 0.3 is 0 Å². The van der Waals surface area contributed by atoms with Crippen molar-refractivity contribution in [1.29, 1.82) is 0 Å². The van der Waals surface area contributed by atoms with Crippen LogP contribution in [0, 0.1) is 0 Å². The summed E-state index contributed by atoms with van der Waals surface area (Å²) in [4.78, 5) is 8.21. The lowest BCUT2D eigenvalue weighted by Gasteiger charge is -2.10. The zero-order valence-electron chi connectivity index (χ0n) is 12.0. The lowest BCUT2D eigenvalue weighted by molar-refractivity contribution is 0.395. The highest BCUT2D eigenvalue weighted by atomic mass is 16.5. The van der Waals surface area contributed by atoms with Gasteiger partial charge in [0.05, 0.1) is 30.1 Å². The minimum absolute atomic E-state index is 0.250. The van der Waals surface area contributed by atoms with Gasteiger partial charge in [0.2, 0.25) is 5.88 Å². The molecule has 0 bridgehead atoms. The van der Waals surface area contributed by atoms with Crippen molar-refractivity contribution in [3.8, 4) is 5.88 Å². The van der Waals surface area contributed by atoms with Crippen molar-refractivity contribution >= 4 is 10.9 Å². The molecule has 0 saturated carbocycles. The number of para-hydroxylation sites is 1. The normalized spacial score (nSPS) is 12.5. The smallest absolute Gasteiger partial charge is 0.216 e. The first-order valence-corrected chi connectivity index (χ1v) is 6.71. The Balaban J connectivity index is 1.91. The number of hydrogen-bond acceptors (Lipinski definition) is 5. The molecule has 3 rings (SSSR count). The van der Waals surface area contributed by atoms with E-state index in [1.165, 1.54) is 6.33 Å². The Hall–Kier alpha value is -2.47. The van der Waals surface area contributed by atoms with Crippen LogP contribution in [0.4, 0.5) is 0 Å². The van der Waals surface area contributed by atoms with Crippen molar-refractivity contribution in [3.05, 3.63) is 48.0 Å². The molecule has 1 aromatic carbocycles. The van der Waals surface area contributed by atoms with Crippen LogP contribution in [-0.4, -0.2) is 26.9 Å². The van der Waals surface area contributed by atoms with Crippen LogP contribution in [0.25, 0.3) is 10.9 Å². The highest BCUT2D eigenvalue weighted by Gasteiger charge is 2.15. The average Bonchev–Trinajstić information content (AvgIpc) is 2.84. The summed E-state index contributed by atoms with van der Waals surface area (Å²) < 4.78 is 6.98. The van der Waals surface area contributed by atoms with E-state index in [-0.39, 0.29) is 6.04 Å². The molecule has 108 valence electrons. The van der Waals surface area contributed by atoms with E-state index in [0.29, 0.717) is 12.3 Å². The maximum absolute atomic E-state index is 6.26. The summed E-state index contributed by atoms with van der Waals surface area (Å²) in [6, 6.07) is 9.63. The zero-order chi connectivity index (χ0) is 14.8. The fourth-order valence-corrected chi connectivity index (χ4v) is 2.42.